The van der Waals surface area contributed by atoms with E-state index >= 15 is 0 Å². The number of unbranched alkanes of at least 4 members (excludes halogenated alkanes) is 13. The molecule has 0 aromatic rings. The molecule has 13 heteroatoms. The number of esters is 3. The zero-order valence-electron chi connectivity index (χ0n) is 50.9. The van der Waals surface area contributed by atoms with E-state index in [-0.39, 0.29) is 56.3 Å². The second-order valence-electron chi connectivity index (χ2n) is 25.3. The highest BCUT2D eigenvalue weighted by Gasteiger charge is 2.59. The quantitative estimate of drug-likeness (QED) is 0.0268. The van der Waals surface area contributed by atoms with Crippen LogP contribution in [0.3, 0.4) is 0 Å². The summed E-state index contributed by atoms with van der Waals surface area (Å²) in [7, 11) is 0. The lowest BCUT2D eigenvalue weighted by atomic mass is 9.47. The number of ether oxygens (including phenoxy) is 6. The molecule has 0 bridgehead atoms. The van der Waals surface area contributed by atoms with Crippen LogP contribution in [0.2, 0.25) is 0 Å². The molecule has 3 saturated carbocycles. The van der Waals surface area contributed by atoms with E-state index < -0.39 is 24.1 Å². The highest BCUT2D eigenvalue weighted by atomic mass is 16.7. The van der Waals surface area contributed by atoms with Gasteiger partial charge in [0, 0.05) is 38.8 Å². The van der Waals surface area contributed by atoms with Crippen molar-refractivity contribution in [2.45, 2.75) is 261 Å². The fourth-order valence-electron chi connectivity index (χ4n) is 14.2. The number of hydrogen-bond acceptors (Lipinski definition) is 12. The number of nitrogens with one attached hydrogen (secondary N) is 1. The van der Waals surface area contributed by atoms with Crippen LogP contribution in [0.4, 0.5) is 9.59 Å². The molecule has 0 saturated heterocycles. The normalized spacial score (nSPS) is 24.3. The zero-order valence-corrected chi connectivity index (χ0v) is 50.9. The van der Waals surface area contributed by atoms with Gasteiger partial charge < -0.3 is 38.6 Å². The summed E-state index contributed by atoms with van der Waals surface area (Å²) in [5, 5.41) is 2.80. The number of carbonyl (C=O) groups is 5. The van der Waals surface area contributed by atoms with Crippen LogP contribution in [0.5, 0.6) is 0 Å². The van der Waals surface area contributed by atoms with Gasteiger partial charge in [-0.15, -0.1) is 0 Å². The number of alkyl carbamates (subject to hydrolysis) is 1. The highest BCUT2D eigenvalue weighted by Crippen LogP contribution is 2.67. The molecule has 0 aromatic heterocycles. The number of carbonyl (C=O) groups excluding carboxylic acids is 5. The van der Waals surface area contributed by atoms with Crippen LogP contribution in [-0.4, -0.2) is 100 Å². The van der Waals surface area contributed by atoms with Crippen LogP contribution < -0.4 is 5.32 Å². The van der Waals surface area contributed by atoms with Crippen molar-refractivity contribution in [3.63, 3.8) is 0 Å². The molecule has 4 aliphatic carbocycles. The van der Waals surface area contributed by atoms with Gasteiger partial charge in [-0.05, 0) is 143 Å². The second kappa shape index (κ2) is 37.6. The van der Waals surface area contributed by atoms with Gasteiger partial charge in [0.2, 0.25) is 0 Å². The summed E-state index contributed by atoms with van der Waals surface area (Å²) in [6.07, 6.45) is 32.4. The molecular weight excluding hydrogens is 985 g/mol. The van der Waals surface area contributed by atoms with Crippen molar-refractivity contribution in [3.8, 4) is 0 Å². The van der Waals surface area contributed by atoms with Crippen molar-refractivity contribution in [2.75, 3.05) is 59.2 Å². The molecule has 4 aliphatic rings. The first-order valence-corrected chi connectivity index (χ1v) is 32.3. The number of rotatable bonds is 41. The molecule has 9 atom stereocenters. The minimum Gasteiger partial charge on any atom is -0.466 e. The first kappa shape index (κ1) is 67.2. The van der Waals surface area contributed by atoms with E-state index in [1.165, 1.54) is 89.9 Å². The van der Waals surface area contributed by atoms with Gasteiger partial charge in [-0.2, -0.15) is 0 Å². The van der Waals surface area contributed by atoms with Crippen LogP contribution in [-0.2, 0) is 42.8 Å². The smallest absolute Gasteiger partial charge is 0.466 e. The predicted molar refractivity (Wildman–Crippen MR) is 311 cm³/mol. The van der Waals surface area contributed by atoms with Crippen LogP contribution in [0, 0.1) is 52.3 Å². The Bertz CT molecular complexity index is 1750. The van der Waals surface area contributed by atoms with Crippen molar-refractivity contribution in [3.05, 3.63) is 11.6 Å². The van der Waals surface area contributed by atoms with Crippen LogP contribution >= 0.6 is 0 Å². The number of amides is 1. The molecule has 4 rings (SSSR count). The Morgan fingerprint density at radius 3 is 1.94 bits per heavy atom. The Morgan fingerprint density at radius 2 is 1.23 bits per heavy atom. The summed E-state index contributed by atoms with van der Waals surface area (Å²) in [5.41, 5.74) is 2.29. The van der Waals surface area contributed by atoms with E-state index in [0.29, 0.717) is 57.1 Å². The number of hydrogen-bond donors (Lipinski definition) is 1. The minimum atomic E-state index is -0.823. The van der Waals surface area contributed by atoms with Crippen molar-refractivity contribution in [2.24, 2.45) is 52.3 Å². The second-order valence-corrected chi connectivity index (χ2v) is 25.3. The van der Waals surface area contributed by atoms with Crippen LogP contribution in [0.25, 0.3) is 0 Å². The number of allylic oxidation sites excluding steroid dienone is 1. The third-order valence-electron chi connectivity index (χ3n) is 19.0. The molecule has 78 heavy (non-hydrogen) atoms. The van der Waals surface area contributed by atoms with Gasteiger partial charge in [-0.25, -0.2) is 9.59 Å². The fourth-order valence-corrected chi connectivity index (χ4v) is 14.2. The molecule has 0 aliphatic heterocycles. The maximum absolute atomic E-state index is 13.1. The molecule has 450 valence electrons. The largest absolute Gasteiger partial charge is 0.508 e. The Morgan fingerprint density at radius 1 is 0.615 bits per heavy atom. The van der Waals surface area contributed by atoms with E-state index in [9.17, 15) is 24.0 Å². The first-order valence-electron chi connectivity index (χ1n) is 32.3. The predicted octanol–water partition coefficient (Wildman–Crippen LogP) is 15.7. The summed E-state index contributed by atoms with van der Waals surface area (Å²) in [6.45, 7) is 22.3. The monoisotopic (exact) mass is 1100 g/mol. The highest BCUT2D eigenvalue weighted by molar-refractivity contribution is 5.70. The standard InChI is InChI=1S/C65H114N2O11/c1-9-12-13-14-15-16-20-26-44-73-59(68)31-23-21-24-32-60(69)75-47-52(49-77-63(72)74-45-28-43-67(10-2)11-3)48-76-62(71)66-42-25-19-17-18-22-33-61(70)78-54-38-40-64(7)53(46-54)34-35-55-57-37-36-56(51(6)30-27-29-50(4)5)65(57,8)41-39-58(55)64/h34,50-52,54-58H,9-33,35-49H2,1-8H3,(H,66,71)/t51-,52?,54+,55+,56-,57+,58+,64+,65-/m1/s1. The van der Waals surface area contributed by atoms with Gasteiger partial charge in [0.15, 0.2) is 0 Å². The Hall–Kier alpha value is -3.35. The lowest BCUT2D eigenvalue weighted by molar-refractivity contribution is -0.152. The van der Waals surface area contributed by atoms with E-state index in [0.717, 1.165) is 119 Å². The average molecular weight is 1100 g/mol. The number of nitrogens with zero attached hydrogens (tertiary/aromatic N) is 1. The maximum atomic E-state index is 13.1. The molecule has 0 radical (unpaired) electrons. The van der Waals surface area contributed by atoms with Crippen molar-refractivity contribution in [1.82, 2.24) is 10.2 Å². The van der Waals surface area contributed by atoms with Gasteiger partial charge in [0.05, 0.1) is 19.1 Å². The van der Waals surface area contributed by atoms with Gasteiger partial charge in [-0.3, -0.25) is 14.4 Å². The van der Waals surface area contributed by atoms with Crippen molar-refractivity contribution < 1.29 is 52.4 Å². The molecule has 1 N–H and O–H groups in total. The van der Waals surface area contributed by atoms with Crippen LogP contribution in [0.15, 0.2) is 11.6 Å². The lowest BCUT2D eigenvalue weighted by Gasteiger charge is -2.58. The molecular formula is C65H114N2O11. The fraction of sp³-hybridized carbons (Fsp3) is 0.892. The molecule has 0 heterocycles. The van der Waals surface area contributed by atoms with E-state index in [4.69, 9.17) is 28.4 Å². The van der Waals surface area contributed by atoms with Crippen LogP contribution in [0.1, 0.15) is 254 Å². The summed E-state index contributed by atoms with van der Waals surface area (Å²) < 4.78 is 33.1. The molecule has 0 spiro atoms. The minimum absolute atomic E-state index is 0.0115. The average Bonchev–Trinajstić information content (AvgIpc) is 3.88. The summed E-state index contributed by atoms with van der Waals surface area (Å²) in [4.78, 5) is 65.2. The lowest BCUT2D eigenvalue weighted by Crippen LogP contribution is -2.51. The Balaban J connectivity index is 1.07. The van der Waals surface area contributed by atoms with Crippen molar-refractivity contribution >= 4 is 30.2 Å². The molecule has 1 unspecified atom stereocenters. The summed E-state index contributed by atoms with van der Waals surface area (Å²) in [5.74, 6) is 3.62. The Labute approximate surface area is 474 Å². The van der Waals surface area contributed by atoms with Gasteiger partial charge in [0.25, 0.3) is 0 Å². The summed E-state index contributed by atoms with van der Waals surface area (Å²) >= 11 is 0. The Kier molecular flexibility index (Phi) is 32.4. The number of fused-ring (bicyclic) bond motifs is 5. The first-order chi connectivity index (χ1) is 37.6. The third-order valence-corrected chi connectivity index (χ3v) is 19.0. The topological polar surface area (TPSA) is 156 Å². The van der Waals surface area contributed by atoms with E-state index in [2.05, 4.69) is 71.7 Å². The van der Waals surface area contributed by atoms with Gasteiger partial charge in [-0.1, -0.05) is 157 Å². The van der Waals surface area contributed by atoms with Gasteiger partial charge >= 0.3 is 30.2 Å². The summed E-state index contributed by atoms with van der Waals surface area (Å²) in [6, 6.07) is 0. The van der Waals surface area contributed by atoms with Gasteiger partial charge in [0.1, 0.15) is 25.9 Å². The molecule has 1 amide bonds. The third kappa shape index (κ3) is 24.0. The van der Waals surface area contributed by atoms with Crippen molar-refractivity contribution in [1.29, 1.82) is 0 Å². The maximum Gasteiger partial charge on any atom is 0.508 e. The zero-order chi connectivity index (χ0) is 56.6. The molecule has 3 fully saturated rings. The van der Waals surface area contributed by atoms with E-state index in [1.54, 1.807) is 5.57 Å². The SMILES string of the molecule is CCCCCCCCCCOC(=O)CCCCCC(=O)OCC(COC(=O)NCCCCCCCC(=O)O[C@H]1CC[C@@]2(C)C(=CC[C@H]3[C@@H]4CC[C@H]([C@H](C)CCCC(C)C)[C@@]4(C)CC[C@@H]32)C1)COC(=O)OCCCN(CC)CC. The molecule has 0 aromatic carbocycles. The molecule has 13 nitrogen and oxygen atoms in total. The van der Waals surface area contributed by atoms with E-state index in [1.807, 2.05) is 0 Å².